The molecular weight excluding hydrogens is 318 g/mol. The Morgan fingerprint density at radius 3 is 2.80 bits per heavy atom. The van der Waals surface area contributed by atoms with E-state index >= 15 is 0 Å². The number of aromatic nitrogens is 2. The van der Waals surface area contributed by atoms with Crippen molar-refractivity contribution in [3.8, 4) is 11.3 Å². The number of amides is 1. The monoisotopic (exact) mass is 337 g/mol. The molecule has 6 heteroatoms. The van der Waals surface area contributed by atoms with Gasteiger partial charge in [0.25, 0.3) is 0 Å². The van der Waals surface area contributed by atoms with Crippen LogP contribution in [0.5, 0.6) is 0 Å². The highest BCUT2D eigenvalue weighted by molar-refractivity contribution is 5.91. The SMILES string of the molecule is Cc1nc(CCC(=O)Nc2cnccc2CO)oc1-c1ccccc1. The molecule has 6 nitrogen and oxygen atoms in total. The summed E-state index contributed by atoms with van der Waals surface area (Å²) in [5, 5.41) is 12.0. The molecule has 3 rings (SSSR count). The van der Waals surface area contributed by atoms with E-state index in [1.807, 2.05) is 37.3 Å². The predicted molar refractivity (Wildman–Crippen MR) is 93.8 cm³/mol. The maximum Gasteiger partial charge on any atom is 0.224 e. The first-order valence-corrected chi connectivity index (χ1v) is 8.02. The number of carbonyl (C=O) groups is 1. The molecule has 0 saturated carbocycles. The quantitative estimate of drug-likeness (QED) is 0.721. The topological polar surface area (TPSA) is 88.2 Å². The van der Waals surface area contributed by atoms with E-state index < -0.39 is 0 Å². The maximum atomic E-state index is 12.1. The molecule has 25 heavy (non-hydrogen) atoms. The normalized spacial score (nSPS) is 10.6. The number of pyridine rings is 1. The van der Waals surface area contributed by atoms with Gasteiger partial charge in [0.1, 0.15) is 0 Å². The highest BCUT2D eigenvalue weighted by Gasteiger charge is 2.13. The molecule has 0 atom stereocenters. The van der Waals surface area contributed by atoms with Gasteiger partial charge in [0.2, 0.25) is 5.91 Å². The second-order valence-electron chi connectivity index (χ2n) is 5.63. The first-order valence-electron chi connectivity index (χ1n) is 8.02. The number of oxazole rings is 1. The second kappa shape index (κ2) is 7.72. The molecule has 0 aliphatic heterocycles. The molecule has 0 radical (unpaired) electrons. The van der Waals surface area contributed by atoms with Crippen molar-refractivity contribution in [2.24, 2.45) is 0 Å². The van der Waals surface area contributed by atoms with E-state index in [0.717, 1.165) is 17.0 Å². The number of anilines is 1. The van der Waals surface area contributed by atoms with E-state index in [2.05, 4.69) is 15.3 Å². The van der Waals surface area contributed by atoms with Crippen molar-refractivity contribution in [1.82, 2.24) is 9.97 Å². The molecule has 0 fully saturated rings. The van der Waals surface area contributed by atoms with E-state index in [0.29, 0.717) is 23.6 Å². The van der Waals surface area contributed by atoms with Gasteiger partial charge in [0.15, 0.2) is 11.7 Å². The van der Waals surface area contributed by atoms with Gasteiger partial charge in [-0.05, 0) is 13.0 Å². The Balaban J connectivity index is 1.63. The summed E-state index contributed by atoms with van der Waals surface area (Å²) in [6, 6.07) is 11.4. The van der Waals surface area contributed by atoms with Gasteiger partial charge in [0, 0.05) is 30.2 Å². The highest BCUT2D eigenvalue weighted by atomic mass is 16.4. The van der Waals surface area contributed by atoms with Crippen molar-refractivity contribution in [2.45, 2.75) is 26.4 Å². The highest BCUT2D eigenvalue weighted by Crippen LogP contribution is 2.24. The van der Waals surface area contributed by atoms with Crippen molar-refractivity contribution in [3.63, 3.8) is 0 Å². The van der Waals surface area contributed by atoms with E-state index in [9.17, 15) is 9.90 Å². The summed E-state index contributed by atoms with van der Waals surface area (Å²) >= 11 is 0. The molecule has 0 spiro atoms. The number of hydrogen-bond acceptors (Lipinski definition) is 5. The first kappa shape index (κ1) is 16.9. The Kier molecular flexibility index (Phi) is 5.20. The van der Waals surface area contributed by atoms with Crippen LogP contribution in [0.3, 0.4) is 0 Å². The van der Waals surface area contributed by atoms with Crippen molar-refractivity contribution in [1.29, 1.82) is 0 Å². The van der Waals surface area contributed by atoms with Gasteiger partial charge in [-0.25, -0.2) is 4.98 Å². The Morgan fingerprint density at radius 1 is 1.24 bits per heavy atom. The van der Waals surface area contributed by atoms with Crippen LogP contribution >= 0.6 is 0 Å². The van der Waals surface area contributed by atoms with Crippen molar-refractivity contribution >= 4 is 11.6 Å². The van der Waals surface area contributed by atoms with Crippen LogP contribution in [-0.2, 0) is 17.8 Å². The molecule has 2 aromatic heterocycles. The molecule has 2 heterocycles. The van der Waals surface area contributed by atoms with Crippen LogP contribution in [-0.4, -0.2) is 21.0 Å². The van der Waals surface area contributed by atoms with Gasteiger partial charge in [-0.1, -0.05) is 30.3 Å². The number of hydrogen-bond donors (Lipinski definition) is 2. The van der Waals surface area contributed by atoms with Crippen LogP contribution in [0.1, 0.15) is 23.6 Å². The van der Waals surface area contributed by atoms with Crippen LogP contribution in [0, 0.1) is 6.92 Å². The Bertz CT molecular complexity index is 859. The number of aliphatic hydroxyl groups is 1. The third-order valence-corrected chi connectivity index (χ3v) is 3.80. The minimum Gasteiger partial charge on any atom is -0.440 e. The number of rotatable bonds is 6. The number of aryl methyl sites for hydroxylation is 2. The third-order valence-electron chi connectivity index (χ3n) is 3.80. The Labute approximate surface area is 145 Å². The summed E-state index contributed by atoms with van der Waals surface area (Å²) in [6.07, 6.45) is 3.72. The molecule has 3 aromatic rings. The molecule has 0 aliphatic carbocycles. The molecule has 1 amide bonds. The van der Waals surface area contributed by atoms with Gasteiger partial charge >= 0.3 is 0 Å². The zero-order valence-electron chi connectivity index (χ0n) is 13.9. The zero-order chi connectivity index (χ0) is 17.6. The van der Waals surface area contributed by atoms with Gasteiger partial charge < -0.3 is 14.8 Å². The fourth-order valence-corrected chi connectivity index (χ4v) is 2.52. The van der Waals surface area contributed by atoms with Crippen molar-refractivity contribution < 1.29 is 14.3 Å². The van der Waals surface area contributed by atoms with Crippen molar-refractivity contribution in [2.75, 3.05) is 5.32 Å². The summed E-state index contributed by atoms with van der Waals surface area (Å²) in [6.45, 7) is 1.73. The lowest BCUT2D eigenvalue weighted by atomic mass is 10.1. The van der Waals surface area contributed by atoms with Crippen LogP contribution in [0.25, 0.3) is 11.3 Å². The molecule has 0 bridgehead atoms. The fraction of sp³-hybridized carbons (Fsp3) is 0.211. The summed E-state index contributed by atoms with van der Waals surface area (Å²) < 4.78 is 5.80. The van der Waals surface area contributed by atoms with Gasteiger partial charge in [0.05, 0.1) is 24.2 Å². The number of carbonyl (C=O) groups excluding carboxylic acids is 1. The van der Waals surface area contributed by atoms with Crippen LogP contribution in [0.4, 0.5) is 5.69 Å². The number of aliphatic hydroxyl groups excluding tert-OH is 1. The summed E-state index contributed by atoms with van der Waals surface area (Å²) in [5.41, 5.74) is 2.91. The smallest absolute Gasteiger partial charge is 0.224 e. The predicted octanol–water partition coefficient (Wildman–Crippen LogP) is 3.11. The first-order chi connectivity index (χ1) is 12.2. The average molecular weight is 337 g/mol. The number of nitrogens with zero attached hydrogens (tertiary/aromatic N) is 2. The van der Waals surface area contributed by atoms with E-state index in [1.165, 1.54) is 6.20 Å². The van der Waals surface area contributed by atoms with E-state index in [-0.39, 0.29) is 18.9 Å². The lowest BCUT2D eigenvalue weighted by Gasteiger charge is -2.07. The van der Waals surface area contributed by atoms with E-state index in [4.69, 9.17) is 4.42 Å². The largest absolute Gasteiger partial charge is 0.440 e. The molecule has 1 aromatic carbocycles. The average Bonchev–Trinajstić information content (AvgIpc) is 3.02. The fourth-order valence-electron chi connectivity index (χ4n) is 2.52. The summed E-state index contributed by atoms with van der Waals surface area (Å²) in [4.78, 5) is 20.5. The zero-order valence-corrected chi connectivity index (χ0v) is 13.9. The van der Waals surface area contributed by atoms with Crippen LogP contribution < -0.4 is 5.32 Å². The standard InChI is InChI=1S/C19H19N3O3/c1-13-19(14-5-3-2-4-6-14)25-18(21-13)8-7-17(24)22-16-11-20-10-9-15(16)12-23/h2-6,9-11,23H,7-8,12H2,1H3,(H,22,24). The lowest BCUT2D eigenvalue weighted by Crippen LogP contribution is -2.14. The van der Waals surface area contributed by atoms with Crippen molar-refractivity contribution in [3.05, 3.63) is 65.9 Å². The van der Waals surface area contributed by atoms with Gasteiger partial charge in [-0.15, -0.1) is 0 Å². The Morgan fingerprint density at radius 2 is 2.04 bits per heavy atom. The van der Waals surface area contributed by atoms with Crippen LogP contribution in [0.2, 0.25) is 0 Å². The lowest BCUT2D eigenvalue weighted by molar-refractivity contribution is -0.116. The molecule has 128 valence electrons. The number of benzene rings is 1. The molecule has 0 aliphatic rings. The van der Waals surface area contributed by atoms with Gasteiger partial charge in [-0.3, -0.25) is 9.78 Å². The molecule has 0 saturated heterocycles. The minimum absolute atomic E-state index is 0.155. The minimum atomic E-state index is -0.181. The molecular formula is C19H19N3O3. The number of nitrogens with one attached hydrogen (secondary N) is 1. The third kappa shape index (κ3) is 4.10. The summed E-state index contributed by atoms with van der Waals surface area (Å²) in [5.74, 6) is 1.07. The molecule has 2 N–H and O–H groups in total. The van der Waals surface area contributed by atoms with Crippen LogP contribution in [0.15, 0.2) is 53.2 Å². The van der Waals surface area contributed by atoms with Gasteiger partial charge in [-0.2, -0.15) is 0 Å². The Hall–Kier alpha value is -2.99. The summed E-state index contributed by atoms with van der Waals surface area (Å²) in [7, 11) is 0. The maximum absolute atomic E-state index is 12.1. The molecule has 0 unspecified atom stereocenters. The second-order valence-corrected chi connectivity index (χ2v) is 5.63. The van der Waals surface area contributed by atoms with E-state index in [1.54, 1.807) is 12.3 Å².